The number of nitrogen functional groups attached to an aromatic ring is 1. The molecule has 0 saturated heterocycles. The molecule has 1 heterocycles. The SMILES string of the molecule is CCOP(=O)(OCC)C(C(=O)NC=Cc1ccc(N)cc1)c1csc2ccc(Cl)cc12. The Hall–Kier alpha value is -2.15. The maximum absolute atomic E-state index is 13.7. The Balaban J connectivity index is 1.98. The smallest absolute Gasteiger partial charge is 0.347 e. The molecule has 3 aromatic rings. The lowest BCUT2D eigenvalue weighted by Crippen LogP contribution is -2.26. The standard InChI is InChI=1S/C22H24ClN2O4PS/c1-3-28-30(27,29-4-2)21(19-14-31-20-10-7-16(23)13-18(19)20)22(26)25-12-11-15-5-8-17(24)9-6-15/h5-14,21H,3-4,24H2,1-2H3,(H,25,26). The molecule has 1 amide bonds. The van der Waals surface area contributed by atoms with Crippen molar-refractivity contribution >= 4 is 58.3 Å². The number of hydrogen-bond donors (Lipinski definition) is 2. The summed E-state index contributed by atoms with van der Waals surface area (Å²) in [6.07, 6.45) is 3.23. The highest BCUT2D eigenvalue weighted by Crippen LogP contribution is 2.62. The van der Waals surface area contributed by atoms with Crippen molar-refractivity contribution in [1.29, 1.82) is 0 Å². The van der Waals surface area contributed by atoms with Gasteiger partial charge in [-0.05, 0) is 72.1 Å². The maximum Gasteiger partial charge on any atom is 0.347 e. The number of nitrogens with one attached hydrogen (secondary N) is 1. The van der Waals surface area contributed by atoms with Crippen LogP contribution in [0.1, 0.15) is 30.6 Å². The third-order valence-electron chi connectivity index (χ3n) is 4.48. The molecule has 0 spiro atoms. The largest absolute Gasteiger partial charge is 0.399 e. The van der Waals surface area contributed by atoms with Crippen LogP contribution in [0.2, 0.25) is 5.02 Å². The zero-order chi connectivity index (χ0) is 22.4. The lowest BCUT2D eigenvalue weighted by Gasteiger charge is -2.25. The van der Waals surface area contributed by atoms with E-state index in [1.807, 2.05) is 18.2 Å². The fraction of sp³-hybridized carbons (Fsp3) is 0.227. The first-order chi connectivity index (χ1) is 14.9. The minimum atomic E-state index is -3.81. The molecule has 1 atom stereocenters. The van der Waals surface area contributed by atoms with Crippen molar-refractivity contribution in [3.8, 4) is 0 Å². The second-order valence-corrected chi connectivity index (χ2v) is 10.1. The van der Waals surface area contributed by atoms with Gasteiger partial charge in [-0.15, -0.1) is 11.3 Å². The minimum absolute atomic E-state index is 0.144. The average molecular weight is 479 g/mol. The summed E-state index contributed by atoms with van der Waals surface area (Å²) in [6.45, 7) is 3.71. The molecule has 6 nitrogen and oxygen atoms in total. The van der Waals surface area contributed by atoms with E-state index in [1.54, 1.807) is 49.6 Å². The number of amides is 1. The highest BCUT2D eigenvalue weighted by molar-refractivity contribution is 7.55. The van der Waals surface area contributed by atoms with Crippen LogP contribution in [0.15, 0.2) is 54.0 Å². The van der Waals surface area contributed by atoms with Gasteiger partial charge < -0.3 is 20.1 Å². The molecule has 1 aromatic heterocycles. The van der Waals surface area contributed by atoms with Gasteiger partial charge in [0.05, 0.1) is 13.2 Å². The number of anilines is 1. The summed E-state index contributed by atoms with van der Waals surface area (Å²) in [6, 6.07) is 12.6. The van der Waals surface area contributed by atoms with Crippen LogP contribution in [0.5, 0.6) is 0 Å². The Morgan fingerprint density at radius 3 is 2.52 bits per heavy atom. The number of nitrogens with two attached hydrogens (primary N) is 1. The zero-order valence-corrected chi connectivity index (χ0v) is 19.7. The van der Waals surface area contributed by atoms with E-state index in [9.17, 15) is 9.36 Å². The van der Waals surface area contributed by atoms with Crippen molar-refractivity contribution in [2.75, 3.05) is 18.9 Å². The molecule has 2 aromatic carbocycles. The van der Waals surface area contributed by atoms with Crippen LogP contribution in [0.4, 0.5) is 5.69 Å². The summed E-state index contributed by atoms with van der Waals surface area (Å²) >= 11 is 7.63. The zero-order valence-electron chi connectivity index (χ0n) is 17.2. The van der Waals surface area contributed by atoms with Gasteiger partial charge in [-0.3, -0.25) is 9.36 Å². The molecule has 0 bridgehead atoms. The van der Waals surface area contributed by atoms with Crippen LogP contribution in [0.25, 0.3) is 16.2 Å². The van der Waals surface area contributed by atoms with E-state index in [4.69, 9.17) is 26.4 Å². The van der Waals surface area contributed by atoms with Crippen molar-refractivity contribution in [2.24, 2.45) is 0 Å². The van der Waals surface area contributed by atoms with Crippen LogP contribution in [-0.4, -0.2) is 19.1 Å². The third-order valence-corrected chi connectivity index (χ3v) is 8.08. The van der Waals surface area contributed by atoms with E-state index in [-0.39, 0.29) is 13.2 Å². The Morgan fingerprint density at radius 1 is 1.19 bits per heavy atom. The summed E-state index contributed by atoms with van der Waals surface area (Å²) in [4.78, 5) is 13.3. The van der Waals surface area contributed by atoms with Gasteiger partial charge in [-0.25, -0.2) is 0 Å². The third kappa shape index (κ3) is 5.56. The van der Waals surface area contributed by atoms with Gasteiger partial charge in [0.15, 0.2) is 5.66 Å². The summed E-state index contributed by atoms with van der Waals surface area (Å²) in [5.41, 5.74) is 6.63. The Labute approximate surface area is 190 Å². The molecule has 0 aliphatic carbocycles. The van der Waals surface area contributed by atoms with Crippen molar-refractivity contribution < 1.29 is 18.4 Å². The molecule has 0 aliphatic rings. The topological polar surface area (TPSA) is 90.6 Å². The summed E-state index contributed by atoms with van der Waals surface area (Å²) in [7, 11) is -3.81. The first-order valence-electron chi connectivity index (χ1n) is 9.76. The van der Waals surface area contributed by atoms with E-state index in [2.05, 4.69) is 5.32 Å². The highest BCUT2D eigenvalue weighted by Gasteiger charge is 2.43. The maximum atomic E-state index is 13.7. The van der Waals surface area contributed by atoms with Crippen LogP contribution < -0.4 is 11.1 Å². The molecule has 0 aliphatic heterocycles. The molecule has 0 radical (unpaired) electrons. The van der Waals surface area contributed by atoms with Gasteiger partial charge in [0, 0.05) is 21.6 Å². The van der Waals surface area contributed by atoms with Crippen LogP contribution in [-0.2, 0) is 18.4 Å². The Kier molecular flexibility index (Phi) is 7.92. The first-order valence-corrected chi connectivity index (χ1v) is 12.6. The average Bonchev–Trinajstić information content (AvgIpc) is 3.12. The monoisotopic (exact) mass is 478 g/mol. The lowest BCUT2D eigenvalue weighted by molar-refractivity contribution is -0.120. The molecular formula is C22H24ClN2O4PS. The van der Waals surface area contributed by atoms with Gasteiger partial charge in [-0.1, -0.05) is 23.7 Å². The number of halogens is 1. The number of rotatable bonds is 9. The van der Waals surface area contributed by atoms with Crippen LogP contribution in [0, 0.1) is 0 Å². The molecule has 3 rings (SSSR count). The predicted octanol–water partition coefficient (Wildman–Crippen LogP) is 6.23. The molecule has 1 unspecified atom stereocenters. The number of fused-ring (bicyclic) bond motifs is 1. The molecule has 164 valence electrons. The van der Waals surface area contributed by atoms with Crippen molar-refractivity contribution in [1.82, 2.24) is 5.32 Å². The van der Waals surface area contributed by atoms with Crippen LogP contribution >= 0.6 is 30.5 Å². The molecule has 9 heteroatoms. The normalized spacial score (nSPS) is 13.0. The number of thiophene rings is 1. The number of hydrogen-bond acceptors (Lipinski definition) is 6. The van der Waals surface area contributed by atoms with Crippen LogP contribution in [0.3, 0.4) is 0 Å². The van der Waals surface area contributed by atoms with Crippen molar-refractivity contribution in [3.63, 3.8) is 0 Å². The molecular weight excluding hydrogens is 455 g/mol. The van der Waals surface area contributed by atoms with Gasteiger partial charge in [0.2, 0.25) is 5.91 Å². The van der Waals surface area contributed by atoms with Crippen molar-refractivity contribution in [3.05, 3.63) is 70.2 Å². The molecule has 3 N–H and O–H groups in total. The van der Waals surface area contributed by atoms with Crippen molar-refractivity contribution in [2.45, 2.75) is 19.5 Å². The molecule has 0 fully saturated rings. The predicted molar refractivity (Wildman–Crippen MR) is 128 cm³/mol. The van der Waals surface area contributed by atoms with Gasteiger partial charge >= 0.3 is 7.60 Å². The number of carbonyl (C=O) groups is 1. The van der Waals surface area contributed by atoms with Gasteiger partial charge in [-0.2, -0.15) is 0 Å². The van der Waals surface area contributed by atoms with Gasteiger partial charge in [0.25, 0.3) is 0 Å². The second kappa shape index (κ2) is 10.4. The van der Waals surface area contributed by atoms with E-state index in [1.165, 1.54) is 17.5 Å². The summed E-state index contributed by atoms with van der Waals surface area (Å²) < 4.78 is 25.7. The highest BCUT2D eigenvalue weighted by atomic mass is 35.5. The van der Waals surface area contributed by atoms with E-state index in [0.717, 1.165) is 15.6 Å². The fourth-order valence-electron chi connectivity index (χ4n) is 3.14. The Morgan fingerprint density at radius 2 is 1.87 bits per heavy atom. The number of carbonyl (C=O) groups excluding carboxylic acids is 1. The molecule has 0 saturated carbocycles. The molecule has 31 heavy (non-hydrogen) atoms. The first kappa shape index (κ1) is 23.5. The van der Waals surface area contributed by atoms with E-state index >= 15 is 0 Å². The number of benzene rings is 2. The lowest BCUT2D eigenvalue weighted by atomic mass is 10.1. The Bertz CT molecular complexity index is 1120. The quantitative estimate of drug-likeness (QED) is 0.281. The summed E-state index contributed by atoms with van der Waals surface area (Å²) in [5.74, 6) is -0.489. The second-order valence-electron chi connectivity index (χ2n) is 6.62. The van der Waals surface area contributed by atoms with Gasteiger partial charge in [0.1, 0.15) is 0 Å². The minimum Gasteiger partial charge on any atom is -0.399 e. The van der Waals surface area contributed by atoms with E-state index < -0.39 is 19.2 Å². The van der Waals surface area contributed by atoms with E-state index in [0.29, 0.717) is 16.3 Å². The fourth-order valence-corrected chi connectivity index (χ4v) is 6.39. The summed E-state index contributed by atoms with van der Waals surface area (Å²) in [5, 5.41) is 5.80.